The van der Waals surface area contributed by atoms with Crippen LogP contribution >= 0.6 is 0 Å². The van der Waals surface area contributed by atoms with Crippen molar-refractivity contribution in [1.82, 2.24) is 4.72 Å². The minimum absolute atomic E-state index is 0.0452. The molecule has 0 fully saturated rings. The molecule has 0 aliphatic heterocycles. The molecule has 1 atom stereocenters. The maximum absolute atomic E-state index is 13.1. The van der Waals surface area contributed by atoms with Gasteiger partial charge >= 0.3 is 12.1 Å². The Kier molecular flexibility index (Phi) is 6.71. The molecule has 0 radical (unpaired) electrons. The standard InChI is InChI=1S/C23H28N2O7S/c1-13(2)20(21(26)32-23(3,4)5)25-33(28,29)15-8-10-17-16-9-7-14(24-22(27)30-6)11-18(16)31-19(17)12-15/h7-13,20,25H,1-6H3,(H,24,27). The third-order valence-corrected chi connectivity index (χ3v) is 6.24. The summed E-state index contributed by atoms with van der Waals surface area (Å²) in [6, 6.07) is 8.51. The van der Waals surface area contributed by atoms with E-state index in [9.17, 15) is 18.0 Å². The van der Waals surface area contributed by atoms with E-state index < -0.39 is 33.7 Å². The smallest absolute Gasteiger partial charge is 0.411 e. The number of methoxy groups -OCH3 is 1. The number of anilines is 1. The lowest BCUT2D eigenvalue weighted by Gasteiger charge is -2.26. The topological polar surface area (TPSA) is 124 Å². The lowest BCUT2D eigenvalue weighted by molar-refractivity contribution is -0.158. The average Bonchev–Trinajstić information content (AvgIpc) is 3.07. The summed E-state index contributed by atoms with van der Waals surface area (Å²) in [6.07, 6.45) is -0.616. The van der Waals surface area contributed by atoms with Gasteiger partial charge in [-0.15, -0.1) is 0 Å². The van der Waals surface area contributed by atoms with Gasteiger partial charge in [-0.05, 0) is 51.0 Å². The van der Waals surface area contributed by atoms with E-state index in [-0.39, 0.29) is 10.8 Å². The molecule has 9 nitrogen and oxygen atoms in total. The summed E-state index contributed by atoms with van der Waals surface area (Å²) in [4.78, 5) is 24.0. The first kappa shape index (κ1) is 24.5. The summed E-state index contributed by atoms with van der Waals surface area (Å²) in [7, 11) is -2.78. The third kappa shape index (κ3) is 5.63. The Balaban J connectivity index is 1.93. The van der Waals surface area contributed by atoms with E-state index in [0.717, 1.165) is 5.39 Å². The Bertz CT molecular complexity index is 1300. The van der Waals surface area contributed by atoms with Crippen molar-refractivity contribution in [3.05, 3.63) is 36.4 Å². The van der Waals surface area contributed by atoms with Gasteiger partial charge in [0.05, 0.1) is 12.0 Å². The first-order chi connectivity index (χ1) is 15.3. The van der Waals surface area contributed by atoms with Crippen LogP contribution in [0.1, 0.15) is 34.6 Å². The van der Waals surface area contributed by atoms with Gasteiger partial charge in [-0.2, -0.15) is 4.72 Å². The highest BCUT2D eigenvalue weighted by atomic mass is 32.2. The molecule has 1 heterocycles. The van der Waals surface area contributed by atoms with Crippen LogP contribution in [0.5, 0.6) is 0 Å². The molecule has 3 rings (SSSR count). The Morgan fingerprint density at radius 2 is 1.61 bits per heavy atom. The van der Waals surface area contributed by atoms with Crippen LogP contribution < -0.4 is 10.0 Å². The number of rotatable bonds is 6. The molecular weight excluding hydrogens is 448 g/mol. The van der Waals surface area contributed by atoms with Gasteiger partial charge in [0.2, 0.25) is 10.0 Å². The van der Waals surface area contributed by atoms with E-state index in [1.165, 1.54) is 19.2 Å². The fraction of sp³-hybridized carbons (Fsp3) is 0.391. The second-order valence-electron chi connectivity index (χ2n) is 8.96. The van der Waals surface area contributed by atoms with E-state index in [1.807, 2.05) is 0 Å². The van der Waals surface area contributed by atoms with Crippen molar-refractivity contribution in [2.24, 2.45) is 5.92 Å². The summed E-state index contributed by atoms with van der Waals surface area (Å²) in [5, 5.41) is 4.02. The van der Waals surface area contributed by atoms with Gasteiger partial charge in [0.25, 0.3) is 0 Å². The number of furan rings is 1. The zero-order valence-electron chi connectivity index (χ0n) is 19.4. The predicted octanol–water partition coefficient (Wildman–Crippen LogP) is 4.41. The molecule has 10 heteroatoms. The molecule has 3 aromatic rings. The summed E-state index contributed by atoms with van der Waals surface area (Å²) >= 11 is 0. The van der Waals surface area contributed by atoms with E-state index in [1.54, 1.807) is 58.9 Å². The Labute approximate surface area is 192 Å². The number of esters is 1. The fourth-order valence-corrected chi connectivity index (χ4v) is 4.58. The largest absolute Gasteiger partial charge is 0.459 e. The minimum Gasteiger partial charge on any atom is -0.459 e. The first-order valence-electron chi connectivity index (χ1n) is 10.4. The fourth-order valence-electron chi connectivity index (χ4n) is 3.23. The van der Waals surface area contributed by atoms with Crippen LogP contribution in [0.25, 0.3) is 21.9 Å². The second kappa shape index (κ2) is 9.03. The van der Waals surface area contributed by atoms with Gasteiger partial charge in [-0.3, -0.25) is 10.1 Å². The first-order valence-corrected chi connectivity index (χ1v) is 11.9. The molecule has 0 bridgehead atoms. The number of fused-ring (bicyclic) bond motifs is 3. The summed E-state index contributed by atoms with van der Waals surface area (Å²) < 4.78 is 44.4. The number of carbonyl (C=O) groups is 2. The average molecular weight is 477 g/mol. The van der Waals surface area contributed by atoms with Gasteiger partial charge in [-0.25, -0.2) is 13.2 Å². The number of sulfonamides is 1. The van der Waals surface area contributed by atoms with Gasteiger partial charge in [0.1, 0.15) is 22.8 Å². The number of benzene rings is 2. The van der Waals surface area contributed by atoms with Crippen molar-refractivity contribution >= 4 is 49.7 Å². The lowest BCUT2D eigenvalue weighted by atomic mass is 10.1. The highest BCUT2D eigenvalue weighted by Crippen LogP contribution is 2.32. The quantitative estimate of drug-likeness (QED) is 0.505. The van der Waals surface area contributed by atoms with Crippen molar-refractivity contribution in [2.75, 3.05) is 12.4 Å². The summed E-state index contributed by atoms with van der Waals surface area (Å²) in [6.45, 7) is 8.63. The van der Waals surface area contributed by atoms with Crippen LogP contribution in [-0.4, -0.2) is 39.2 Å². The van der Waals surface area contributed by atoms with Crippen LogP contribution in [0, 0.1) is 5.92 Å². The van der Waals surface area contributed by atoms with E-state index >= 15 is 0 Å². The van der Waals surface area contributed by atoms with Gasteiger partial charge in [0.15, 0.2) is 0 Å². The second-order valence-corrected chi connectivity index (χ2v) is 10.7. The molecule has 2 N–H and O–H groups in total. The van der Waals surface area contributed by atoms with Crippen LogP contribution in [0.4, 0.5) is 10.5 Å². The van der Waals surface area contributed by atoms with Gasteiger partial charge < -0.3 is 13.9 Å². The van der Waals surface area contributed by atoms with Crippen LogP contribution in [-0.2, 0) is 24.3 Å². The Morgan fingerprint density at radius 1 is 1.00 bits per heavy atom. The Morgan fingerprint density at radius 3 is 2.18 bits per heavy atom. The summed E-state index contributed by atoms with van der Waals surface area (Å²) in [5.74, 6) is -0.971. The van der Waals surface area contributed by atoms with Crippen LogP contribution in [0.15, 0.2) is 45.7 Å². The number of hydrogen-bond donors (Lipinski definition) is 2. The van der Waals surface area contributed by atoms with E-state index in [4.69, 9.17) is 9.15 Å². The van der Waals surface area contributed by atoms with Crippen molar-refractivity contribution in [3.63, 3.8) is 0 Å². The third-order valence-electron chi connectivity index (χ3n) is 4.80. The molecule has 0 aliphatic carbocycles. The van der Waals surface area contributed by atoms with E-state index in [2.05, 4.69) is 14.8 Å². The number of hydrogen-bond acceptors (Lipinski definition) is 7. The van der Waals surface area contributed by atoms with Crippen LogP contribution in [0.3, 0.4) is 0 Å². The predicted molar refractivity (Wildman–Crippen MR) is 125 cm³/mol. The van der Waals surface area contributed by atoms with E-state index in [0.29, 0.717) is 22.2 Å². The molecule has 1 amide bonds. The van der Waals surface area contributed by atoms with Crippen molar-refractivity contribution in [3.8, 4) is 0 Å². The number of nitrogens with one attached hydrogen (secondary N) is 2. The Hall–Kier alpha value is -3.11. The van der Waals surface area contributed by atoms with Crippen molar-refractivity contribution in [2.45, 2.75) is 51.2 Å². The van der Waals surface area contributed by atoms with Crippen molar-refractivity contribution < 1.29 is 31.9 Å². The monoisotopic (exact) mass is 476 g/mol. The molecule has 0 aliphatic rings. The lowest BCUT2D eigenvalue weighted by Crippen LogP contribution is -2.47. The van der Waals surface area contributed by atoms with Crippen LogP contribution in [0.2, 0.25) is 0 Å². The minimum atomic E-state index is -4.05. The molecule has 0 saturated heterocycles. The molecule has 1 unspecified atom stereocenters. The zero-order chi connectivity index (χ0) is 24.6. The maximum Gasteiger partial charge on any atom is 0.411 e. The normalized spacial score (nSPS) is 13.3. The molecule has 1 aromatic heterocycles. The number of amides is 1. The maximum atomic E-state index is 13.1. The zero-order valence-corrected chi connectivity index (χ0v) is 20.2. The molecular formula is C23H28N2O7S. The molecule has 2 aromatic carbocycles. The molecule has 33 heavy (non-hydrogen) atoms. The van der Waals surface area contributed by atoms with Gasteiger partial charge in [0, 0.05) is 28.6 Å². The van der Waals surface area contributed by atoms with Gasteiger partial charge in [-0.1, -0.05) is 13.8 Å². The highest BCUT2D eigenvalue weighted by Gasteiger charge is 2.32. The number of ether oxygens (including phenoxy) is 2. The highest BCUT2D eigenvalue weighted by molar-refractivity contribution is 7.89. The number of carbonyl (C=O) groups excluding carboxylic acids is 2. The SMILES string of the molecule is COC(=O)Nc1ccc2c(c1)oc1cc(S(=O)(=O)NC(C(=O)OC(C)(C)C)C(C)C)ccc12. The molecule has 178 valence electrons. The molecule has 0 spiro atoms. The van der Waals surface area contributed by atoms with Crippen molar-refractivity contribution in [1.29, 1.82) is 0 Å². The summed E-state index contributed by atoms with van der Waals surface area (Å²) in [5.41, 5.74) is 0.543. The molecule has 0 saturated carbocycles.